The number of ether oxygens (including phenoxy) is 1. The van der Waals surface area contributed by atoms with E-state index in [2.05, 4.69) is 34.4 Å². The van der Waals surface area contributed by atoms with Gasteiger partial charge in [0.1, 0.15) is 0 Å². The molecule has 0 bridgehead atoms. The molecule has 0 spiro atoms. The van der Waals surface area contributed by atoms with Crippen molar-refractivity contribution < 1.29 is 4.74 Å². The average Bonchev–Trinajstić information content (AvgIpc) is 2.63. The molecule has 0 amide bonds. The Bertz CT molecular complexity index is 333. The lowest BCUT2D eigenvalue weighted by Gasteiger charge is -2.32. The van der Waals surface area contributed by atoms with Crippen LogP contribution < -0.4 is 10.6 Å². The zero-order valence-electron chi connectivity index (χ0n) is 16.9. The Morgan fingerprint density at radius 1 is 1.24 bits per heavy atom. The number of rotatable bonds is 11. The first-order valence-corrected chi connectivity index (χ1v) is 9.89. The molecule has 0 radical (unpaired) electrons. The molecule has 0 aromatic rings. The average molecular weight is 468 g/mol. The molecule has 1 rings (SSSR count). The van der Waals surface area contributed by atoms with E-state index in [-0.39, 0.29) is 24.0 Å². The van der Waals surface area contributed by atoms with Crippen molar-refractivity contribution in [3.05, 3.63) is 0 Å². The number of aliphatic imine (C=N–C) groups is 1. The van der Waals surface area contributed by atoms with Gasteiger partial charge in [0.15, 0.2) is 5.96 Å². The number of nitrogens with zero attached hydrogens (tertiary/aromatic N) is 2. The lowest BCUT2D eigenvalue weighted by atomic mass is 9.97. The smallest absolute Gasteiger partial charge is 0.190 e. The largest absolute Gasteiger partial charge is 0.383 e. The van der Waals surface area contributed by atoms with Gasteiger partial charge in [0.25, 0.3) is 0 Å². The van der Waals surface area contributed by atoms with E-state index in [1.807, 2.05) is 7.05 Å². The molecule has 1 heterocycles. The maximum atomic E-state index is 5.17. The van der Waals surface area contributed by atoms with Crippen molar-refractivity contribution in [2.24, 2.45) is 16.8 Å². The van der Waals surface area contributed by atoms with Gasteiger partial charge in [-0.15, -0.1) is 24.0 Å². The highest BCUT2D eigenvalue weighted by molar-refractivity contribution is 14.0. The number of methoxy groups -OCH3 is 1. The van der Waals surface area contributed by atoms with Crippen LogP contribution in [0.4, 0.5) is 0 Å². The summed E-state index contributed by atoms with van der Waals surface area (Å²) in [5.74, 6) is 2.48. The van der Waals surface area contributed by atoms with Crippen molar-refractivity contribution in [1.82, 2.24) is 15.5 Å². The molecular formula is C19H41IN4O. The number of nitrogens with one attached hydrogen (secondary N) is 2. The number of halogens is 1. The monoisotopic (exact) mass is 468 g/mol. The number of guanidine groups is 1. The van der Waals surface area contributed by atoms with E-state index in [0.29, 0.717) is 0 Å². The zero-order chi connectivity index (χ0) is 17.6. The molecule has 1 fully saturated rings. The van der Waals surface area contributed by atoms with Crippen LogP contribution in [0.2, 0.25) is 0 Å². The standard InChI is InChI=1S/C19H40N4O.HI/c1-5-7-8-17(6-2)15-21-19(20-3)22-16-18-9-11-23(12-10-18)13-14-24-4;/h17-18H,5-16H2,1-4H3,(H2,20,21,22);1H. The Balaban J connectivity index is 0.00000576. The minimum absolute atomic E-state index is 0. The number of hydrogen-bond donors (Lipinski definition) is 2. The van der Waals surface area contributed by atoms with E-state index in [4.69, 9.17) is 4.74 Å². The first-order valence-electron chi connectivity index (χ1n) is 9.89. The van der Waals surface area contributed by atoms with E-state index in [1.54, 1.807) is 7.11 Å². The van der Waals surface area contributed by atoms with E-state index in [9.17, 15) is 0 Å². The molecule has 0 aliphatic carbocycles. The minimum atomic E-state index is 0. The second kappa shape index (κ2) is 16.1. The molecule has 5 nitrogen and oxygen atoms in total. The Kier molecular flexibility index (Phi) is 16.1. The van der Waals surface area contributed by atoms with Gasteiger partial charge in [0.05, 0.1) is 6.61 Å². The molecular weight excluding hydrogens is 427 g/mol. The number of piperidine rings is 1. The highest BCUT2D eigenvalue weighted by atomic mass is 127. The zero-order valence-corrected chi connectivity index (χ0v) is 19.2. The van der Waals surface area contributed by atoms with Gasteiger partial charge in [-0.25, -0.2) is 0 Å². The number of likely N-dealkylation sites (tertiary alicyclic amines) is 1. The Labute approximate surface area is 172 Å². The summed E-state index contributed by atoms with van der Waals surface area (Å²) in [6, 6.07) is 0. The number of hydrogen-bond acceptors (Lipinski definition) is 3. The molecule has 6 heteroatoms. The van der Waals surface area contributed by atoms with Crippen molar-refractivity contribution in [1.29, 1.82) is 0 Å². The first-order chi connectivity index (χ1) is 11.7. The van der Waals surface area contributed by atoms with Gasteiger partial charge in [-0.3, -0.25) is 4.99 Å². The van der Waals surface area contributed by atoms with Crippen molar-refractivity contribution in [3.8, 4) is 0 Å². The van der Waals surface area contributed by atoms with Crippen LogP contribution in [0.25, 0.3) is 0 Å². The minimum Gasteiger partial charge on any atom is -0.383 e. The van der Waals surface area contributed by atoms with Gasteiger partial charge >= 0.3 is 0 Å². The van der Waals surface area contributed by atoms with Crippen LogP contribution in [-0.4, -0.2) is 64.3 Å². The highest BCUT2D eigenvalue weighted by Crippen LogP contribution is 2.16. The second-order valence-electron chi connectivity index (χ2n) is 7.03. The summed E-state index contributed by atoms with van der Waals surface area (Å²) in [5.41, 5.74) is 0. The van der Waals surface area contributed by atoms with Crippen molar-refractivity contribution in [2.45, 2.75) is 52.4 Å². The van der Waals surface area contributed by atoms with Crippen molar-refractivity contribution >= 4 is 29.9 Å². The maximum Gasteiger partial charge on any atom is 0.190 e. The molecule has 0 aromatic carbocycles. The van der Waals surface area contributed by atoms with Gasteiger partial charge in [-0.2, -0.15) is 0 Å². The summed E-state index contributed by atoms with van der Waals surface area (Å²) in [5, 5.41) is 7.05. The molecule has 1 atom stereocenters. The third-order valence-corrected chi connectivity index (χ3v) is 5.20. The van der Waals surface area contributed by atoms with Gasteiger partial charge in [-0.1, -0.05) is 33.1 Å². The molecule has 0 aromatic heterocycles. The Morgan fingerprint density at radius 3 is 2.52 bits per heavy atom. The third kappa shape index (κ3) is 11.3. The molecule has 25 heavy (non-hydrogen) atoms. The molecule has 1 aliphatic rings. The lowest BCUT2D eigenvalue weighted by molar-refractivity contribution is 0.121. The highest BCUT2D eigenvalue weighted by Gasteiger charge is 2.19. The van der Waals surface area contributed by atoms with Crippen LogP contribution >= 0.6 is 24.0 Å². The van der Waals surface area contributed by atoms with Gasteiger partial charge in [0.2, 0.25) is 0 Å². The quantitative estimate of drug-likeness (QED) is 0.278. The first kappa shape index (κ1) is 24.9. The molecule has 2 N–H and O–H groups in total. The predicted molar refractivity (Wildman–Crippen MR) is 119 cm³/mol. The van der Waals surface area contributed by atoms with Gasteiger partial charge in [-0.05, 0) is 44.2 Å². The summed E-state index contributed by atoms with van der Waals surface area (Å²) in [6.45, 7) is 10.9. The summed E-state index contributed by atoms with van der Waals surface area (Å²) < 4.78 is 5.17. The fraction of sp³-hybridized carbons (Fsp3) is 0.947. The Morgan fingerprint density at radius 2 is 1.96 bits per heavy atom. The molecule has 1 unspecified atom stereocenters. The van der Waals surface area contributed by atoms with E-state index >= 15 is 0 Å². The van der Waals surface area contributed by atoms with Crippen LogP contribution in [-0.2, 0) is 4.74 Å². The number of unbranched alkanes of at least 4 members (excludes halogenated alkanes) is 1. The van der Waals surface area contributed by atoms with Crippen LogP contribution in [0, 0.1) is 11.8 Å². The van der Waals surface area contributed by atoms with E-state index < -0.39 is 0 Å². The Hall–Kier alpha value is -0.0800. The normalized spacial score (nSPS) is 17.8. The SMILES string of the molecule is CCCCC(CC)CNC(=NC)NCC1CCN(CCOC)CC1.I. The van der Waals surface area contributed by atoms with Crippen molar-refractivity contribution in [3.63, 3.8) is 0 Å². The fourth-order valence-electron chi connectivity index (χ4n) is 3.28. The van der Waals surface area contributed by atoms with Crippen LogP contribution in [0.3, 0.4) is 0 Å². The predicted octanol–water partition coefficient (Wildman–Crippen LogP) is 3.34. The molecule has 1 saturated heterocycles. The van der Waals surface area contributed by atoms with E-state index in [1.165, 1.54) is 51.6 Å². The summed E-state index contributed by atoms with van der Waals surface area (Å²) >= 11 is 0. The fourth-order valence-corrected chi connectivity index (χ4v) is 3.28. The topological polar surface area (TPSA) is 48.9 Å². The summed E-state index contributed by atoms with van der Waals surface area (Å²) in [6.07, 6.45) is 7.70. The second-order valence-corrected chi connectivity index (χ2v) is 7.03. The summed E-state index contributed by atoms with van der Waals surface area (Å²) in [7, 11) is 3.65. The van der Waals surface area contributed by atoms with Gasteiger partial charge in [0, 0.05) is 33.8 Å². The van der Waals surface area contributed by atoms with Crippen molar-refractivity contribution in [2.75, 3.05) is 53.5 Å². The van der Waals surface area contributed by atoms with Crippen LogP contribution in [0.1, 0.15) is 52.4 Å². The van der Waals surface area contributed by atoms with Gasteiger partial charge < -0.3 is 20.3 Å². The molecule has 1 aliphatic heterocycles. The van der Waals surface area contributed by atoms with Crippen LogP contribution in [0.15, 0.2) is 4.99 Å². The third-order valence-electron chi connectivity index (χ3n) is 5.20. The van der Waals surface area contributed by atoms with E-state index in [0.717, 1.165) is 44.0 Å². The maximum absolute atomic E-state index is 5.17. The van der Waals surface area contributed by atoms with Crippen LogP contribution in [0.5, 0.6) is 0 Å². The lowest BCUT2D eigenvalue weighted by Crippen LogP contribution is -2.44. The summed E-state index contributed by atoms with van der Waals surface area (Å²) in [4.78, 5) is 6.89. The molecule has 0 saturated carbocycles. The molecule has 150 valence electrons.